The molecule has 0 unspecified atom stereocenters. The van der Waals surface area contributed by atoms with Crippen molar-refractivity contribution >= 4 is 44.8 Å². The molecule has 3 aromatic rings. The zero-order valence-electron chi connectivity index (χ0n) is 15.7. The molecule has 0 atom stereocenters. The molecule has 7 nitrogen and oxygen atoms in total. The third kappa shape index (κ3) is 3.24. The highest BCUT2D eigenvalue weighted by Crippen LogP contribution is 2.38. The number of ether oxygens (including phenoxy) is 1. The third-order valence-electron chi connectivity index (χ3n) is 4.28. The Hall–Kier alpha value is -2.64. The normalized spacial score (nSPS) is 13.1. The van der Waals surface area contributed by atoms with Gasteiger partial charge in [0, 0.05) is 27.8 Å². The SMILES string of the molecule is COc1cc2c(cc1/C(C(C)=N)=C(\C)O)[nH]c1nc(C(C)(C)O)nc(Cl)c12. The number of H-pyrrole nitrogens is 1. The predicted molar refractivity (Wildman–Crippen MR) is 107 cm³/mol. The molecule has 0 saturated carbocycles. The summed E-state index contributed by atoms with van der Waals surface area (Å²) in [7, 11) is 1.52. The van der Waals surface area contributed by atoms with Gasteiger partial charge in [-0.1, -0.05) is 11.6 Å². The Morgan fingerprint density at radius 3 is 2.44 bits per heavy atom. The number of fused-ring (bicyclic) bond motifs is 3. The van der Waals surface area contributed by atoms with E-state index in [1.165, 1.54) is 14.0 Å². The molecule has 0 aliphatic rings. The Morgan fingerprint density at radius 1 is 1.26 bits per heavy atom. The largest absolute Gasteiger partial charge is 0.512 e. The summed E-state index contributed by atoms with van der Waals surface area (Å²) in [5.41, 5.74) is 1.13. The number of nitrogens with one attached hydrogen (secondary N) is 2. The number of rotatable bonds is 4. The number of aliphatic hydroxyl groups is 2. The lowest BCUT2D eigenvalue weighted by atomic mass is 9.98. The third-order valence-corrected chi connectivity index (χ3v) is 4.55. The minimum Gasteiger partial charge on any atom is -0.512 e. The molecule has 1 aromatic carbocycles. The van der Waals surface area contributed by atoms with Gasteiger partial charge >= 0.3 is 0 Å². The molecule has 0 aliphatic carbocycles. The summed E-state index contributed by atoms with van der Waals surface area (Å²) in [5, 5.41) is 29.8. The van der Waals surface area contributed by atoms with Crippen LogP contribution in [0.3, 0.4) is 0 Å². The van der Waals surface area contributed by atoms with Crippen LogP contribution in [0.2, 0.25) is 5.15 Å². The maximum atomic E-state index is 10.2. The molecule has 4 N–H and O–H groups in total. The number of aromatic amines is 1. The lowest BCUT2D eigenvalue weighted by Gasteiger charge is -2.15. The van der Waals surface area contributed by atoms with Crippen molar-refractivity contribution in [3.63, 3.8) is 0 Å². The first-order valence-corrected chi connectivity index (χ1v) is 8.68. The van der Waals surface area contributed by atoms with Crippen LogP contribution in [0.1, 0.15) is 39.1 Å². The first-order valence-electron chi connectivity index (χ1n) is 8.30. The summed E-state index contributed by atoms with van der Waals surface area (Å²) < 4.78 is 5.49. The van der Waals surface area contributed by atoms with Gasteiger partial charge in [0.25, 0.3) is 0 Å². The van der Waals surface area contributed by atoms with Crippen molar-refractivity contribution in [3.05, 3.63) is 34.4 Å². The molecule has 0 bridgehead atoms. The topological polar surface area (TPSA) is 115 Å². The van der Waals surface area contributed by atoms with Crippen LogP contribution in [0.15, 0.2) is 17.9 Å². The summed E-state index contributed by atoms with van der Waals surface area (Å²) in [6, 6.07) is 3.55. The lowest BCUT2D eigenvalue weighted by molar-refractivity contribution is 0.0691. The number of hydrogen-bond donors (Lipinski definition) is 4. The van der Waals surface area contributed by atoms with Gasteiger partial charge in [0.2, 0.25) is 0 Å². The van der Waals surface area contributed by atoms with E-state index in [9.17, 15) is 10.2 Å². The highest BCUT2D eigenvalue weighted by molar-refractivity contribution is 6.36. The highest BCUT2D eigenvalue weighted by atomic mass is 35.5. The second kappa shape index (κ2) is 6.51. The molecule has 27 heavy (non-hydrogen) atoms. The second-order valence-electron chi connectivity index (χ2n) is 6.93. The number of allylic oxidation sites excluding steroid dienone is 2. The summed E-state index contributed by atoms with van der Waals surface area (Å²) >= 11 is 6.38. The van der Waals surface area contributed by atoms with Gasteiger partial charge in [-0.15, -0.1) is 0 Å². The summed E-state index contributed by atoms with van der Waals surface area (Å²) in [6.07, 6.45) is 0. The van der Waals surface area contributed by atoms with Crippen molar-refractivity contribution < 1.29 is 14.9 Å². The minimum atomic E-state index is -1.24. The van der Waals surface area contributed by atoms with Crippen molar-refractivity contribution in [1.29, 1.82) is 5.41 Å². The highest BCUT2D eigenvalue weighted by Gasteiger charge is 2.24. The maximum Gasteiger partial charge on any atom is 0.163 e. The van der Waals surface area contributed by atoms with Crippen LogP contribution in [-0.2, 0) is 5.60 Å². The quantitative estimate of drug-likeness (QED) is 0.301. The summed E-state index contributed by atoms with van der Waals surface area (Å²) in [4.78, 5) is 11.8. The van der Waals surface area contributed by atoms with Gasteiger partial charge in [0.05, 0.1) is 18.3 Å². The van der Waals surface area contributed by atoms with Crippen LogP contribution in [-0.4, -0.2) is 38.0 Å². The number of aliphatic hydroxyl groups excluding tert-OH is 1. The van der Waals surface area contributed by atoms with Crippen molar-refractivity contribution in [3.8, 4) is 5.75 Å². The zero-order chi connectivity index (χ0) is 20.1. The van der Waals surface area contributed by atoms with Crippen LogP contribution >= 0.6 is 11.6 Å². The molecule has 8 heteroatoms. The standard InChI is InChI=1S/C19H21ClN4O3/c1-8(21)14(9(2)25)11-6-12-10(7-13(11)27-5)15-16(20)23-18(19(3,4)26)24-17(15)22-12/h6-7,21,25-26H,1-5H3,(H,22,23,24)/b14-9+,21-8?. The number of benzene rings is 1. The fourth-order valence-electron chi connectivity index (χ4n) is 3.09. The summed E-state index contributed by atoms with van der Waals surface area (Å²) in [5.74, 6) is 0.723. The monoisotopic (exact) mass is 388 g/mol. The lowest BCUT2D eigenvalue weighted by Crippen LogP contribution is -2.19. The van der Waals surface area contributed by atoms with Gasteiger partial charge in [0.1, 0.15) is 22.2 Å². The summed E-state index contributed by atoms with van der Waals surface area (Å²) in [6.45, 7) is 6.30. The van der Waals surface area contributed by atoms with E-state index < -0.39 is 5.60 Å². The van der Waals surface area contributed by atoms with Crippen molar-refractivity contribution in [1.82, 2.24) is 15.0 Å². The molecule has 2 aromatic heterocycles. The van der Waals surface area contributed by atoms with Crippen molar-refractivity contribution in [2.45, 2.75) is 33.3 Å². The van der Waals surface area contributed by atoms with E-state index in [4.69, 9.17) is 21.7 Å². The number of hydrogen-bond acceptors (Lipinski definition) is 6. The number of halogens is 1. The maximum absolute atomic E-state index is 10.2. The van der Waals surface area contributed by atoms with Gasteiger partial charge in [-0.25, -0.2) is 9.97 Å². The van der Waals surface area contributed by atoms with Crippen molar-refractivity contribution in [2.75, 3.05) is 7.11 Å². The van der Waals surface area contributed by atoms with E-state index in [0.717, 1.165) is 5.39 Å². The van der Waals surface area contributed by atoms with Crippen LogP contribution in [0.5, 0.6) is 5.75 Å². The van der Waals surface area contributed by atoms with Crippen molar-refractivity contribution in [2.24, 2.45) is 0 Å². The molecule has 0 fully saturated rings. The van der Waals surface area contributed by atoms with Gasteiger partial charge in [-0.2, -0.15) is 0 Å². The molecular weight excluding hydrogens is 368 g/mol. The van der Waals surface area contributed by atoms with Gasteiger partial charge in [0.15, 0.2) is 5.82 Å². The molecule has 0 amide bonds. The Balaban J connectivity index is 2.39. The van der Waals surface area contributed by atoms with Crippen LogP contribution < -0.4 is 4.74 Å². The van der Waals surface area contributed by atoms with Crippen LogP contribution in [0, 0.1) is 5.41 Å². The Morgan fingerprint density at radius 2 is 1.93 bits per heavy atom. The number of nitrogens with zero attached hydrogens (tertiary/aromatic N) is 2. The van der Waals surface area contributed by atoms with E-state index in [-0.39, 0.29) is 22.4 Å². The van der Waals surface area contributed by atoms with E-state index in [0.29, 0.717) is 33.4 Å². The first kappa shape index (κ1) is 19.1. The van der Waals surface area contributed by atoms with Crippen LogP contribution in [0.4, 0.5) is 0 Å². The van der Waals surface area contributed by atoms with E-state index in [1.807, 2.05) is 0 Å². The first-order chi connectivity index (χ1) is 12.5. The molecule has 0 spiro atoms. The van der Waals surface area contributed by atoms with E-state index >= 15 is 0 Å². The average Bonchev–Trinajstić information content (AvgIpc) is 2.90. The fourth-order valence-corrected chi connectivity index (χ4v) is 3.36. The molecule has 142 valence electrons. The molecule has 0 radical (unpaired) electrons. The van der Waals surface area contributed by atoms with Gasteiger partial charge < -0.3 is 25.3 Å². The Bertz CT molecular complexity index is 1110. The zero-order valence-corrected chi connectivity index (χ0v) is 16.5. The van der Waals surface area contributed by atoms with Gasteiger partial charge in [-0.3, -0.25) is 0 Å². The predicted octanol–water partition coefficient (Wildman–Crippen LogP) is 4.33. The number of aromatic nitrogens is 3. The molecular formula is C19H21ClN4O3. The molecule has 0 aliphatic heterocycles. The fraction of sp³-hybridized carbons (Fsp3) is 0.316. The molecule has 3 rings (SSSR count). The molecule has 2 heterocycles. The second-order valence-corrected chi connectivity index (χ2v) is 7.29. The Labute approximate surface area is 161 Å². The Kier molecular flexibility index (Phi) is 4.61. The van der Waals surface area contributed by atoms with Gasteiger partial charge in [-0.05, 0) is 39.8 Å². The average molecular weight is 389 g/mol. The molecule has 0 saturated heterocycles. The smallest absolute Gasteiger partial charge is 0.163 e. The van der Waals surface area contributed by atoms with Crippen LogP contribution in [0.25, 0.3) is 27.5 Å². The van der Waals surface area contributed by atoms with E-state index in [1.54, 1.807) is 32.9 Å². The number of methoxy groups -OCH3 is 1. The minimum absolute atomic E-state index is 0.0263. The van der Waals surface area contributed by atoms with E-state index in [2.05, 4.69) is 15.0 Å².